The van der Waals surface area contributed by atoms with Crippen molar-refractivity contribution in [2.75, 3.05) is 20.7 Å². The summed E-state index contributed by atoms with van der Waals surface area (Å²) < 4.78 is 55.0. The standard InChI is InChI=1S/C20H17F2N5O.C19H15F2N5O.C3H8N2O.C2H6N2O/c21-13-6-3-12(4-7-13)5-8-17-15-10-14(16(22)11-18(15)25-24-17)20-23-19(26-27-20)2-1-9-28;1-10(27)18-22-19(26-25-18)13-8-14-16(23-24-17(14)9-15(13)21)7-4-11-2-5-12(20)6-3-11;1-3(6)5(2)4;1-4(3)2-5/h3-8,10-11,28H,1-2,9H2,(H,24,25)(H,23,26,27);2-10,27H,1H3,(H,23,24)(H,22,25,26);4H2,1-2H3;2H,3H2,1H3/b8-5+;7-4+;;. The van der Waals surface area contributed by atoms with Gasteiger partial charge in [0, 0.05) is 57.0 Å². The number of nitrogens with one attached hydrogen (secondary N) is 4. The van der Waals surface area contributed by atoms with Crippen LogP contribution in [-0.4, -0.2) is 104 Å². The molecule has 22 heteroatoms. The highest BCUT2D eigenvalue weighted by atomic mass is 19.1. The minimum Gasteiger partial charge on any atom is -0.396 e. The summed E-state index contributed by atoms with van der Waals surface area (Å²) in [6, 6.07) is 18.1. The Kier molecular flexibility index (Phi) is 17.2. The number of H-pyrrole nitrogens is 4. The lowest BCUT2D eigenvalue weighted by Crippen LogP contribution is -2.30. The molecule has 10 N–H and O–H groups in total. The highest BCUT2D eigenvalue weighted by molar-refractivity contribution is 5.93. The highest BCUT2D eigenvalue weighted by Crippen LogP contribution is 2.29. The summed E-state index contributed by atoms with van der Waals surface area (Å²) >= 11 is 0. The average Bonchev–Trinajstić information content (AvgIpc) is 4.13. The summed E-state index contributed by atoms with van der Waals surface area (Å²) in [7, 11) is 2.97. The number of aliphatic hydroxyl groups is 2. The van der Waals surface area contributed by atoms with Crippen molar-refractivity contribution in [1.29, 1.82) is 0 Å². The van der Waals surface area contributed by atoms with Gasteiger partial charge in [0.15, 0.2) is 17.5 Å². The summed E-state index contributed by atoms with van der Waals surface area (Å²) in [6.45, 7) is 2.99. The minimum absolute atomic E-state index is 0.0507. The van der Waals surface area contributed by atoms with Gasteiger partial charge in [-0.25, -0.2) is 39.2 Å². The van der Waals surface area contributed by atoms with Crippen molar-refractivity contribution in [3.63, 3.8) is 0 Å². The number of hydrazine groups is 2. The van der Waals surface area contributed by atoms with Crippen LogP contribution >= 0.6 is 0 Å². The first-order valence-corrected chi connectivity index (χ1v) is 19.8. The fraction of sp³-hybridized carbons (Fsp3) is 0.182. The van der Waals surface area contributed by atoms with Crippen LogP contribution in [0.25, 0.3) is 68.9 Å². The molecule has 4 heterocycles. The van der Waals surface area contributed by atoms with Gasteiger partial charge in [0.05, 0.1) is 33.5 Å². The van der Waals surface area contributed by atoms with E-state index in [1.165, 1.54) is 64.3 Å². The van der Waals surface area contributed by atoms with Crippen LogP contribution in [0.15, 0.2) is 72.8 Å². The molecule has 0 aliphatic heterocycles. The topological polar surface area (TPSA) is 274 Å². The molecule has 0 saturated carbocycles. The Morgan fingerprint density at radius 3 is 1.55 bits per heavy atom. The molecule has 66 heavy (non-hydrogen) atoms. The molecular formula is C44H46F4N14O4. The first-order chi connectivity index (χ1) is 31.6. The van der Waals surface area contributed by atoms with Crippen molar-refractivity contribution < 1.29 is 37.4 Å². The van der Waals surface area contributed by atoms with Crippen LogP contribution in [0.1, 0.15) is 60.5 Å². The Balaban J connectivity index is 0.000000202. The van der Waals surface area contributed by atoms with Crippen LogP contribution in [0.2, 0.25) is 0 Å². The van der Waals surface area contributed by atoms with Crippen LogP contribution in [0, 0.1) is 23.3 Å². The Bertz CT molecular complexity index is 2900. The van der Waals surface area contributed by atoms with E-state index in [4.69, 9.17) is 16.8 Å². The summed E-state index contributed by atoms with van der Waals surface area (Å²) in [4.78, 5) is 27.7. The number of hydrogen-bond acceptors (Lipinski definition) is 12. The fourth-order valence-corrected chi connectivity index (χ4v) is 5.57. The lowest BCUT2D eigenvalue weighted by Gasteiger charge is -2.02. The number of fused-ring (bicyclic) bond motifs is 2. The molecule has 0 radical (unpaired) electrons. The monoisotopic (exact) mass is 910 g/mol. The zero-order valence-electron chi connectivity index (χ0n) is 36.0. The van der Waals surface area contributed by atoms with Crippen LogP contribution < -0.4 is 11.7 Å². The summed E-state index contributed by atoms with van der Waals surface area (Å²) in [5, 5.41) is 49.3. The van der Waals surface area contributed by atoms with Crippen molar-refractivity contribution in [3.8, 4) is 22.8 Å². The average molecular weight is 911 g/mol. The molecule has 2 amide bonds. The van der Waals surface area contributed by atoms with Crippen LogP contribution in [-0.2, 0) is 16.0 Å². The summed E-state index contributed by atoms with van der Waals surface area (Å²) in [6.07, 6.45) is 7.90. The zero-order valence-corrected chi connectivity index (χ0v) is 36.0. The van der Waals surface area contributed by atoms with Crippen LogP contribution in [0.3, 0.4) is 0 Å². The van der Waals surface area contributed by atoms with E-state index in [-0.39, 0.29) is 52.7 Å². The lowest BCUT2D eigenvalue weighted by atomic mass is 10.1. The Hall–Kier alpha value is -7.92. The van der Waals surface area contributed by atoms with Crippen LogP contribution in [0.5, 0.6) is 0 Å². The fourth-order valence-electron chi connectivity index (χ4n) is 5.57. The molecule has 4 aromatic carbocycles. The first-order valence-electron chi connectivity index (χ1n) is 19.8. The quantitative estimate of drug-likeness (QED) is 0.0249. The Morgan fingerprint density at radius 1 is 0.712 bits per heavy atom. The molecule has 0 aliphatic rings. The van der Waals surface area contributed by atoms with Gasteiger partial charge in [0.25, 0.3) is 0 Å². The Morgan fingerprint density at radius 2 is 1.15 bits per heavy atom. The second-order valence-corrected chi connectivity index (χ2v) is 14.3. The van der Waals surface area contributed by atoms with Crippen molar-refractivity contribution in [2.24, 2.45) is 11.7 Å². The molecule has 0 saturated heterocycles. The number of hydrogen-bond donors (Lipinski definition) is 8. The number of aromatic nitrogens is 10. The van der Waals surface area contributed by atoms with Crippen molar-refractivity contribution in [2.45, 2.75) is 32.8 Å². The third-order valence-electron chi connectivity index (χ3n) is 9.11. The molecule has 8 aromatic rings. The first kappa shape index (κ1) is 49.1. The largest absolute Gasteiger partial charge is 0.396 e. The summed E-state index contributed by atoms with van der Waals surface area (Å²) in [5.41, 5.74) is 4.39. The highest BCUT2D eigenvalue weighted by Gasteiger charge is 2.17. The van der Waals surface area contributed by atoms with Crippen molar-refractivity contribution in [1.82, 2.24) is 60.8 Å². The van der Waals surface area contributed by atoms with E-state index in [2.05, 4.69) is 50.8 Å². The van der Waals surface area contributed by atoms with Gasteiger partial charge in [-0.2, -0.15) is 20.4 Å². The normalized spacial score (nSPS) is 11.5. The maximum Gasteiger partial charge on any atom is 0.233 e. The maximum absolute atomic E-state index is 14.5. The predicted molar refractivity (Wildman–Crippen MR) is 240 cm³/mol. The number of nitrogens with two attached hydrogens (primary N) is 2. The lowest BCUT2D eigenvalue weighted by molar-refractivity contribution is -0.127. The van der Waals surface area contributed by atoms with E-state index in [0.717, 1.165) is 26.5 Å². The van der Waals surface area contributed by atoms with E-state index in [1.807, 2.05) is 0 Å². The van der Waals surface area contributed by atoms with Crippen molar-refractivity contribution in [3.05, 3.63) is 130 Å². The zero-order chi connectivity index (χ0) is 47.9. The van der Waals surface area contributed by atoms with Gasteiger partial charge in [0.2, 0.25) is 12.3 Å². The number of benzene rings is 4. The van der Waals surface area contributed by atoms with E-state index < -0.39 is 17.7 Å². The number of aromatic amines is 4. The molecule has 4 aromatic heterocycles. The number of rotatable bonds is 11. The van der Waals surface area contributed by atoms with E-state index in [1.54, 1.807) is 60.7 Å². The number of carbonyl (C=O) groups excluding carboxylic acids is 2. The predicted octanol–water partition coefficient (Wildman–Crippen LogP) is 5.86. The van der Waals surface area contributed by atoms with Gasteiger partial charge in [-0.3, -0.25) is 40.0 Å². The van der Waals surface area contributed by atoms with Crippen LogP contribution in [0.4, 0.5) is 17.6 Å². The number of nitrogens with zero attached hydrogens (tertiary/aromatic N) is 8. The molecule has 8 rings (SSSR count). The molecule has 18 nitrogen and oxygen atoms in total. The minimum atomic E-state index is -0.832. The van der Waals surface area contributed by atoms with Gasteiger partial charge < -0.3 is 10.2 Å². The second kappa shape index (κ2) is 23.1. The van der Waals surface area contributed by atoms with Crippen molar-refractivity contribution >= 4 is 58.4 Å². The number of halogens is 4. The second-order valence-electron chi connectivity index (χ2n) is 14.3. The smallest absolute Gasteiger partial charge is 0.233 e. The molecule has 344 valence electrons. The van der Waals surface area contributed by atoms with Gasteiger partial charge in [-0.15, -0.1) is 0 Å². The summed E-state index contributed by atoms with van der Waals surface area (Å²) in [5.74, 6) is 9.23. The van der Waals surface area contributed by atoms with Gasteiger partial charge >= 0.3 is 0 Å². The molecule has 1 atom stereocenters. The molecule has 0 aliphatic carbocycles. The third kappa shape index (κ3) is 13.5. The molecular weight excluding hydrogens is 865 g/mol. The number of carbonyl (C=O) groups is 2. The Labute approximate surface area is 374 Å². The molecule has 1 unspecified atom stereocenters. The van der Waals surface area contributed by atoms with Gasteiger partial charge in [0.1, 0.15) is 35.2 Å². The number of aryl methyl sites for hydroxylation is 1. The number of amides is 2. The van der Waals surface area contributed by atoms with E-state index >= 15 is 0 Å². The van der Waals surface area contributed by atoms with E-state index in [0.29, 0.717) is 52.9 Å². The van der Waals surface area contributed by atoms with E-state index in [9.17, 15) is 32.3 Å². The maximum atomic E-state index is 14.5. The molecule has 0 spiro atoms. The molecule has 0 fully saturated rings. The third-order valence-corrected chi connectivity index (χ3v) is 9.11. The van der Waals surface area contributed by atoms with Gasteiger partial charge in [-0.1, -0.05) is 36.4 Å². The molecule has 0 bridgehead atoms. The number of aliphatic hydroxyl groups excluding tert-OH is 2. The SMILES string of the molecule is CC(=O)N(C)N.CC(O)c1nc(-c2cc3c(/C=C/c4ccc(F)cc4)n[nH]c3cc2F)n[nH]1.CN(N)C=O.OCCCc1nc(-c2cc3c(/C=C/c4ccc(F)cc4)n[nH]c3cc2F)n[nH]1. The van der Waals surface area contributed by atoms with Gasteiger partial charge in [-0.05, 0) is 73.0 Å².